The van der Waals surface area contributed by atoms with Crippen molar-refractivity contribution in [1.82, 2.24) is 0 Å². The van der Waals surface area contributed by atoms with E-state index in [1.165, 1.54) is 0 Å². The largest absolute Gasteiger partial charge is 0.497 e. The molecule has 114 valence electrons. The number of aliphatic hydroxyl groups is 1. The van der Waals surface area contributed by atoms with Crippen LogP contribution in [-0.4, -0.2) is 36.8 Å². The zero-order chi connectivity index (χ0) is 14.9. The Hall–Kier alpha value is -1.39. The molecule has 0 aromatic heterocycles. The topological polar surface area (TPSA) is 55.8 Å². The molecule has 0 saturated carbocycles. The molecule has 21 heavy (non-hydrogen) atoms. The molecule has 2 aliphatic rings. The van der Waals surface area contributed by atoms with E-state index in [4.69, 9.17) is 9.47 Å². The summed E-state index contributed by atoms with van der Waals surface area (Å²) in [6, 6.07) is 5.60. The minimum absolute atomic E-state index is 0.0538. The number of ether oxygens (including phenoxy) is 2. The first-order valence-electron chi connectivity index (χ1n) is 7.65. The Morgan fingerprint density at radius 1 is 1.38 bits per heavy atom. The van der Waals surface area contributed by atoms with Gasteiger partial charge in [-0.2, -0.15) is 0 Å². The van der Waals surface area contributed by atoms with Crippen molar-refractivity contribution in [1.29, 1.82) is 0 Å². The van der Waals surface area contributed by atoms with Gasteiger partial charge in [0.1, 0.15) is 5.75 Å². The van der Waals surface area contributed by atoms with Gasteiger partial charge in [-0.05, 0) is 55.9 Å². The lowest BCUT2D eigenvalue weighted by Gasteiger charge is -2.37. The summed E-state index contributed by atoms with van der Waals surface area (Å²) >= 11 is 0. The maximum Gasteiger partial charge on any atom is 0.169 e. The SMILES string of the molecule is COc1ccc2c(c1)CCCC(C1(O)CCCOC1)C2=O. The van der Waals surface area contributed by atoms with Crippen molar-refractivity contribution < 1.29 is 19.4 Å². The summed E-state index contributed by atoms with van der Waals surface area (Å²) in [5, 5.41) is 10.8. The van der Waals surface area contributed by atoms with Gasteiger partial charge in [0.25, 0.3) is 0 Å². The van der Waals surface area contributed by atoms with E-state index in [-0.39, 0.29) is 18.3 Å². The summed E-state index contributed by atoms with van der Waals surface area (Å²) in [5.74, 6) is 0.477. The van der Waals surface area contributed by atoms with Crippen molar-refractivity contribution in [3.8, 4) is 5.75 Å². The molecule has 0 radical (unpaired) electrons. The third-order valence-corrected chi connectivity index (χ3v) is 4.73. The van der Waals surface area contributed by atoms with Gasteiger partial charge in [0.15, 0.2) is 5.78 Å². The van der Waals surface area contributed by atoms with Crippen LogP contribution in [0.25, 0.3) is 0 Å². The average Bonchev–Trinajstić information content (AvgIpc) is 2.67. The van der Waals surface area contributed by atoms with Crippen molar-refractivity contribution in [3.63, 3.8) is 0 Å². The van der Waals surface area contributed by atoms with E-state index in [1.807, 2.05) is 18.2 Å². The summed E-state index contributed by atoms with van der Waals surface area (Å²) in [6.45, 7) is 0.950. The molecular formula is C17H22O4. The van der Waals surface area contributed by atoms with Crippen LogP contribution in [0.1, 0.15) is 41.6 Å². The van der Waals surface area contributed by atoms with Crippen LogP contribution in [0, 0.1) is 5.92 Å². The van der Waals surface area contributed by atoms with E-state index in [1.54, 1.807) is 7.11 Å². The third kappa shape index (κ3) is 2.70. The number of aryl methyl sites for hydroxylation is 1. The highest BCUT2D eigenvalue weighted by atomic mass is 16.5. The van der Waals surface area contributed by atoms with E-state index in [9.17, 15) is 9.90 Å². The predicted octanol–water partition coefficient (Wildman–Crippen LogP) is 2.37. The zero-order valence-electron chi connectivity index (χ0n) is 12.4. The van der Waals surface area contributed by atoms with Gasteiger partial charge in [-0.3, -0.25) is 4.79 Å². The molecule has 0 spiro atoms. The normalized spacial score (nSPS) is 29.6. The summed E-state index contributed by atoms with van der Waals surface area (Å²) in [5.41, 5.74) is 0.760. The smallest absolute Gasteiger partial charge is 0.169 e. The fourth-order valence-corrected chi connectivity index (χ4v) is 3.55. The molecule has 2 atom stereocenters. The second kappa shape index (κ2) is 5.78. The number of carbonyl (C=O) groups excluding carboxylic acids is 1. The van der Waals surface area contributed by atoms with Gasteiger partial charge >= 0.3 is 0 Å². The molecule has 0 amide bonds. The Balaban J connectivity index is 1.92. The van der Waals surface area contributed by atoms with Gasteiger partial charge in [0.2, 0.25) is 0 Å². The third-order valence-electron chi connectivity index (χ3n) is 4.73. The van der Waals surface area contributed by atoms with Crippen LogP contribution >= 0.6 is 0 Å². The van der Waals surface area contributed by atoms with E-state index in [2.05, 4.69) is 0 Å². The molecule has 4 heteroatoms. The lowest BCUT2D eigenvalue weighted by Crippen LogP contribution is -2.48. The number of methoxy groups -OCH3 is 1. The highest BCUT2D eigenvalue weighted by molar-refractivity contribution is 6.00. The van der Waals surface area contributed by atoms with Crippen molar-refractivity contribution in [2.24, 2.45) is 5.92 Å². The average molecular weight is 290 g/mol. The monoisotopic (exact) mass is 290 g/mol. The first-order valence-corrected chi connectivity index (χ1v) is 7.65. The Labute approximate surface area is 125 Å². The van der Waals surface area contributed by atoms with Crippen molar-refractivity contribution in [3.05, 3.63) is 29.3 Å². The molecule has 1 fully saturated rings. The summed E-state index contributed by atoms with van der Waals surface area (Å²) < 4.78 is 10.7. The Kier molecular flexibility index (Phi) is 4.00. The molecule has 1 aromatic rings. The van der Waals surface area contributed by atoms with Crippen LogP contribution in [0.4, 0.5) is 0 Å². The van der Waals surface area contributed by atoms with Gasteiger partial charge < -0.3 is 14.6 Å². The van der Waals surface area contributed by atoms with Crippen LogP contribution in [0.3, 0.4) is 0 Å². The van der Waals surface area contributed by atoms with Gasteiger partial charge in [-0.1, -0.05) is 0 Å². The second-order valence-electron chi connectivity index (χ2n) is 6.09. The number of carbonyl (C=O) groups is 1. The molecule has 1 saturated heterocycles. The molecule has 1 aliphatic heterocycles. The fourth-order valence-electron chi connectivity index (χ4n) is 3.55. The molecule has 1 heterocycles. The molecule has 2 unspecified atom stereocenters. The van der Waals surface area contributed by atoms with Gasteiger partial charge in [-0.25, -0.2) is 0 Å². The van der Waals surface area contributed by atoms with E-state index in [0.717, 1.165) is 42.6 Å². The number of fused-ring (bicyclic) bond motifs is 1. The fraction of sp³-hybridized carbons (Fsp3) is 0.588. The number of hydrogen-bond donors (Lipinski definition) is 1. The zero-order valence-corrected chi connectivity index (χ0v) is 12.4. The van der Waals surface area contributed by atoms with Crippen LogP contribution in [0.5, 0.6) is 5.75 Å². The summed E-state index contributed by atoms with van der Waals surface area (Å²) in [6.07, 6.45) is 3.94. The minimum Gasteiger partial charge on any atom is -0.497 e. The highest BCUT2D eigenvalue weighted by Crippen LogP contribution is 2.37. The van der Waals surface area contributed by atoms with Crippen molar-refractivity contribution in [2.45, 2.75) is 37.7 Å². The Bertz CT molecular complexity index is 532. The first kappa shape index (κ1) is 14.5. The molecular weight excluding hydrogens is 268 g/mol. The van der Waals surface area contributed by atoms with Gasteiger partial charge in [0.05, 0.1) is 25.2 Å². The maximum absolute atomic E-state index is 12.9. The lowest BCUT2D eigenvalue weighted by atomic mass is 9.77. The Morgan fingerprint density at radius 2 is 2.24 bits per heavy atom. The van der Waals surface area contributed by atoms with E-state index >= 15 is 0 Å². The highest BCUT2D eigenvalue weighted by Gasteiger charge is 2.44. The van der Waals surface area contributed by atoms with Crippen LogP contribution in [-0.2, 0) is 11.2 Å². The van der Waals surface area contributed by atoms with Crippen molar-refractivity contribution in [2.75, 3.05) is 20.3 Å². The maximum atomic E-state index is 12.9. The van der Waals surface area contributed by atoms with Gasteiger partial charge in [0, 0.05) is 12.2 Å². The van der Waals surface area contributed by atoms with E-state index in [0.29, 0.717) is 13.0 Å². The summed E-state index contributed by atoms with van der Waals surface area (Å²) in [4.78, 5) is 12.9. The second-order valence-corrected chi connectivity index (χ2v) is 6.09. The lowest BCUT2D eigenvalue weighted by molar-refractivity contribution is -0.111. The summed E-state index contributed by atoms with van der Waals surface area (Å²) in [7, 11) is 1.63. The number of benzene rings is 1. The molecule has 3 rings (SSSR count). The van der Waals surface area contributed by atoms with Crippen molar-refractivity contribution >= 4 is 5.78 Å². The molecule has 1 aromatic carbocycles. The number of ketones is 1. The quantitative estimate of drug-likeness (QED) is 0.850. The van der Waals surface area contributed by atoms with Crippen LogP contribution in [0.15, 0.2) is 18.2 Å². The number of rotatable bonds is 2. The van der Waals surface area contributed by atoms with Gasteiger partial charge in [-0.15, -0.1) is 0 Å². The molecule has 4 nitrogen and oxygen atoms in total. The Morgan fingerprint density at radius 3 is 2.95 bits per heavy atom. The molecule has 1 N–H and O–H groups in total. The predicted molar refractivity (Wildman–Crippen MR) is 78.8 cm³/mol. The number of hydrogen-bond acceptors (Lipinski definition) is 4. The van der Waals surface area contributed by atoms with Crippen LogP contribution in [0.2, 0.25) is 0 Å². The molecule has 0 bridgehead atoms. The minimum atomic E-state index is -1.00. The first-order chi connectivity index (χ1) is 10.1. The molecule has 1 aliphatic carbocycles. The van der Waals surface area contributed by atoms with Crippen LogP contribution < -0.4 is 4.74 Å². The number of Topliss-reactive ketones (excluding diaryl/α,β-unsaturated/α-hetero) is 1. The van der Waals surface area contributed by atoms with E-state index < -0.39 is 5.60 Å². The standard InChI is InChI=1S/C17H22O4/c1-20-13-6-7-14-12(10-13)4-2-5-15(16(14)18)17(19)8-3-9-21-11-17/h6-7,10,15,19H,2-5,8-9,11H2,1H3.